The summed E-state index contributed by atoms with van der Waals surface area (Å²) in [6.45, 7) is 3.92. The number of rotatable bonds is 5. The first-order chi connectivity index (χ1) is 13.5. The molecule has 4 rings (SSSR count). The van der Waals surface area contributed by atoms with Crippen molar-refractivity contribution < 1.29 is 4.74 Å². The van der Waals surface area contributed by atoms with Crippen molar-refractivity contribution in [1.29, 1.82) is 0 Å². The highest BCUT2D eigenvalue weighted by Crippen LogP contribution is 2.19. The van der Waals surface area contributed by atoms with E-state index in [0.29, 0.717) is 30.2 Å². The van der Waals surface area contributed by atoms with Gasteiger partial charge in [-0.3, -0.25) is 18.5 Å². The first kappa shape index (κ1) is 18.5. The fourth-order valence-corrected chi connectivity index (χ4v) is 3.62. The smallest absolute Gasteiger partial charge is 0.332 e. The van der Waals surface area contributed by atoms with E-state index in [1.807, 2.05) is 35.8 Å². The predicted octanol–water partition coefficient (Wildman–Crippen LogP) is 1.38. The molecule has 8 nitrogen and oxygen atoms in total. The molecule has 2 aromatic heterocycles. The van der Waals surface area contributed by atoms with Crippen molar-refractivity contribution in [3.8, 4) is 0 Å². The summed E-state index contributed by atoms with van der Waals surface area (Å²) >= 11 is 0. The molecule has 1 aromatic carbocycles. The maximum Gasteiger partial charge on any atom is 0.332 e. The summed E-state index contributed by atoms with van der Waals surface area (Å²) in [5.74, 6) is 0.573. The molecule has 0 spiro atoms. The number of aromatic nitrogens is 4. The van der Waals surface area contributed by atoms with Crippen LogP contribution in [0, 0.1) is 6.92 Å². The lowest BCUT2D eigenvalue weighted by Crippen LogP contribution is -2.37. The Kier molecular flexibility index (Phi) is 4.80. The van der Waals surface area contributed by atoms with E-state index in [4.69, 9.17) is 4.74 Å². The van der Waals surface area contributed by atoms with Crippen LogP contribution in [0.25, 0.3) is 11.2 Å². The van der Waals surface area contributed by atoms with Gasteiger partial charge in [-0.1, -0.05) is 29.8 Å². The van der Waals surface area contributed by atoms with Gasteiger partial charge in [0.2, 0.25) is 5.95 Å². The quantitative estimate of drug-likeness (QED) is 0.720. The van der Waals surface area contributed by atoms with E-state index in [0.717, 1.165) is 29.6 Å². The minimum Gasteiger partial charge on any atom is -0.376 e. The van der Waals surface area contributed by atoms with Gasteiger partial charge in [-0.25, -0.2) is 4.79 Å². The molecule has 0 aliphatic carbocycles. The van der Waals surface area contributed by atoms with Crippen LogP contribution in [-0.2, 0) is 25.4 Å². The van der Waals surface area contributed by atoms with Gasteiger partial charge in [-0.05, 0) is 25.3 Å². The van der Waals surface area contributed by atoms with Crippen LogP contribution in [0.4, 0.5) is 5.95 Å². The third-order valence-corrected chi connectivity index (χ3v) is 5.32. The number of nitrogens with one attached hydrogen (secondary N) is 1. The van der Waals surface area contributed by atoms with Gasteiger partial charge >= 0.3 is 5.69 Å². The molecule has 0 amide bonds. The van der Waals surface area contributed by atoms with Crippen LogP contribution >= 0.6 is 0 Å². The predicted molar refractivity (Wildman–Crippen MR) is 108 cm³/mol. The average Bonchev–Trinajstić information content (AvgIpc) is 3.33. The van der Waals surface area contributed by atoms with Gasteiger partial charge in [0.25, 0.3) is 5.56 Å². The van der Waals surface area contributed by atoms with E-state index in [-0.39, 0.29) is 17.4 Å². The number of ether oxygens (including phenoxy) is 1. The highest BCUT2D eigenvalue weighted by Gasteiger charge is 2.21. The number of aryl methyl sites for hydroxylation is 2. The highest BCUT2D eigenvalue weighted by molar-refractivity contribution is 5.74. The summed E-state index contributed by atoms with van der Waals surface area (Å²) in [4.78, 5) is 29.8. The summed E-state index contributed by atoms with van der Waals surface area (Å²) in [7, 11) is 3.13. The Bertz CT molecular complexity index is 1120. The van der Waals surface area contributed by atoms with Gasteiger partial charge in [0.15, 0.2) is 11.2 Å². The highest BCUT2D eigenvalue weighted by atomic mass is 16.5. The Morgan fingerprint density at radius 3 is 2.61 bits per heavy atom. The van der Waals surface area contributed by atoms with E-state index in [9.17, 15) is 9.59 Å². The second-order valence-corrected chi connectivity index (χ2v) is 7.40. The molecule has 1 fully saturated rings. The monoisotopic (exact) mass is 383 g/mol. The molecule has 1 saturated heterocycles. The molecule has 0 unspecified atom stereocenters. The van der Waals surface area contributed by atoms with Crippen molar-refractivity contribution >= 4 is 17.1 Å². The minimum absolute atomic E-state index is 0.138. The van der Waals surface area contributed by atoms with Crippen LogP contribution in [0.5, 0.6) is 0 Å². The number of fused-ring (bicyclic) bond motifs is 1. The van der Waals surface area contributed by atoms with E-state index in [1.54, 1.807) is 7.05 Å². The summed E-state index contributed by atoms with van der Waals surface area (Å²) in [5.41, 5.74) is 2.30. The summed E-state index contributed by atoms with van der Waals surface area (Å²) in [5, 5.41) is 3.33. The van der Waals surface area contributed by atoms with Gasteiger partial charge < -0.3 is 10.1 Å². The van der Waals surface area contributed by atoms with Gasteiger partial charge in [-0.15, -0.1) is 0 Å². The van der Waals surface area contributed by atoms with Crippen molar-refractivity contribution in [2.45, 2.75) is 32.4 Å². The summed E-state index contributed by atoms with van der Waals surface area (Å²) in [6, 6.07) is 8.17. The van der Waals surface area contributed by atoms with E-state index in [1.165, 1.54) is 17.2 Å². The topological polar surface area (TPSA) is 83.1 Å². The molecule has 0 bridgehead atoms. The summed E-state index contributed by atoms with van der Waals surface area (Å²) < 4.78 is 10.1. The first-order valence-electron chi connectivity index (χ1n) is 9.53. The van der Waals surface area contributed by atoms with Crippen LogP contribution in [0.15, 0.2) is 33.9 Å². The van der Waals surface area contributed by atoms with Crippen molar-refractivity contribution in [2.24, 2.45) is 14.1 Å². The van der Waals surface area contributed by atoms with E-state index in [2.05, 4.69) is 10.3 Å². The normalized spacial score (nSPS) is 16.8. The zero-order chi connectivity index (χ0) is 19.8. The maximum absolute atomic E-state index is 12.9. The van der Waals surface area contributed by atoms with Gasteiger partial charge in [-0.2, -0.15) is 4.98 Å². The number of hydrogen-bond donors (Lipinski definition) is 1. The minimum atomic E-state index is -0.386. The van der Waals surface area contributed by atoms with Crippen molar-refractivity contribution in [3.05, 3.63) is 56.2 Å². The molecule has 8 heteroatoms. The molecule has 1 aliphatic heterocycles. The Morgan fingerprint density at radius 1 is 1.18 bits per heavy atom. The molecule has 3 aromatic rings. The van der Waals surface area contributed by atoms with Crippen molar-refractivity contribution in [2.75, 3.05) is 18.5 Å². The molecular formula is C20H25N5O3. The van der Waals surface area contributed by atoms with Gasteiger partial charge in [0.05, 0.1) is 12.6 Å². The lowest BCUT2D eigenvalue weighted by molar-refractivity contribution is 0.120. The van der Waals surface area contributed by atoms with E-state index >= 15 is 0 Å². The fourth-order valence-electron chi connectivity index (χ4n) is 3.62. The Balaban J connectivity index is 1.82. The Hall–Kier alpha value is -2.87. The van der Waals surface area contributed by atoms with Crippen LogP contribution < -0.4 is 16.6 Å². The van der Waals surface area contributed by atoms with Crippen LogP contribution in [-0.4, -0.2) is 37.9 Å². The average molecular weight is 383 g/mol. The number of hydrogen-bond acceptors (Lipinski definition) is 5. The third-order valence-electron chi connectivity index (χ3n) is 5.32. The molecule has 0 saturated carbocycles. The lowest BCUT2D eigenvalue weighted by atomic mass is 10.1. The maximum atomic E-state index is 12.9. The molecule has 28 heavy (non-hydrogen) atoms. The Morgan fingerprint density at radius 2 is 1.93 bits per heavy atom. The number of imidazole rings is 1. The Labute approximate surface area is 162 Å². The molecule has 148 valence electrons. The first-order valence-corrected chi connectivity index (χ1v) is 9.53. The van der Waals surface area contributed by atoms with Gasteiger partial charge in [0.1, 0.15) is 0 Å². The third kappa shape index (κ3) is 3.24. The SMILES string of the molecule is Cc1ccc(Cn2c(NC[C@@H]3CCCO3)nc3c2c(=O)n(C)c(=O)n3C)cc1. The number of benzene rings is 1. The van der Waals surface area contributed by atoms with Crippen LogP contribution in [0.1, 0.15) is 24.0 Å². The number of nitrogens with zero attached hydrogens (tertiary/aromatic N) is 4. The van der Waals surface area contributed by atoms with Gasteiger partial charge in [0, 0.05) is 27.2 Å². The zero-order valence-corrected chi connectivity index (χ0v) is 16.4. The standard InChI is InChI=1S/C20H25N5O3/c1-13-6-8-14(9-7-13)12-25-16-17(23(2)20(27)24(3)18(16)26)22-19(25)21-11-15-5-4-10-28-15/h6-9,15H,4-5,10-12H2,1-3H3,(H,21,22)/t15-/m0/s1. The van der Waals surface area contributed by atoms with Crippen LogP contribution in [0.2, 0.25) is 0 Å². The molecule has 1 atom stereocenters. The molecular weight excluding hydrogens is 358 g/mol. The van der Waals surface area contributed by atoms with E-state index < -0.39 is 0 Å². The molecule has 0 radical (unpaired) electrons. The molecule has 3 heterocycles. The van der Waals surface area contributed by atoms with Crippen molar-refractivity contribution in [3.63, 3.8) is 0 Å². The zero-order valence-electron chi connectivity index (χ0n) is 16.4. The fraction of sp³-hybridized carbons (Fsp3) is 0.450. The molecule has 1 aliphatic rings. The van der Waals surface area contributed by atoms with Crippen LogP contribution in [0.3, 0.4) is 0 Å². The molecule has 1 N–H and O–H groups in total. The lowest BCUT2D eigenvalue weighted by Gasteiger charge is -2.14. The number of anilines is 1. The second kappa shape index (κ2) is 7.27. The largest absolute Gasteiger partial charge is 0.376 e. The summed E-state index contributed by atoms with van der Waals surface area (Å²) in [6.07, 6.45) is 2.20. The second-order valence-electron chi connectivity index (χ2n) is 7.40. The van der Waals surface area contributed by atoms with Crippen molar-refractivity contribution in [1.82, 2.24) is 18.7 Å².